The Hall–Kier alpha value is -0.200. The first-order chi connectivity index (χ1) is 10.3. The summed E-state index contributed by atoms with van der Waals surface area (Å²) in [6.07, 6.45) is 6.39. The Morgan fingerprint density at radius 1 is 0.762 bits per heavy atom. The van der Waals surface area contributed by atoms with Crippen molar-refractivity contribution in [1.29, 1.82) is 0 Å². The summed E-state index contributed by atoms with van der Waals surface area (Å²) in [7, 11) is 0. The van der Waals surface area contributed by atoms with E-state index in [1.165, 1.54) is 19.3 Å². The van der Waals surface area contributed by atoms with Crippen LogP contribution in [0.1, 0.15) is 46.0 Å². The average Bonchev–Trinajstić information content (AvgIpc) is 2.51. The second-order valence-electron chi connectivity index (χ2n) is 4.96. The van der Waals surface area contributed by atoms with Crippen molar-refractivity contribution in [3.05, 3.63) is 0 Å². The van der Waals surface area contributed by atoms with Crippen molar-refractivity contribution in [2.24, 2.45) is 0 Å². The molecule has 0 radical (unpaired) electrons. The molecule has 0 aromatic rings. The van der Waals surface area contributed by atoms with Gasteiger partial charge in [0, 0.05) is 0 Å². The molecule has 5 heteroatoms. The topological polar surface area (TPSA) is 57.2 Å². The van der Waals surface area contributed by atoms with Gasteiger partial charge in [-0.05, 0) is 12.8 Å². The van der Waals surface area contributed by atoms with E-state index in [1.54, 1.807) is 0 Å². The molecule has 0 aliphatic rings. The predicted molar refractivity (Wildman–Crippen MR) is 83.7 cm³/mol. The van der Waals surface area contributed by atoms with Gasteiger partial charge in [0.25, 0.3) is 0 Å². The highest BCUT2D eigenvalue weighted by molar-refractivity contribution is 4.55. The van der Waals surface area contributed by atoms with Crippen molar-refractivity contribution in [2.45, 2.75) is 52.1 Å². The largest absolute Gasteiger partial charge is 0.394 e. The number of ether oxygens (including phenoxy) is 4. The van der Waals surface area contributed by atoms with E-state index >= 15 is 0 Å². The summed E-state index contributed by atoms with van der Waals surface area (Å²) in [6, 6.07) is 0. The van der Waals surface area contributed by atoms with Crippen LogP contribution in [0, 0.1) is 0 Å². The molecule has 128 valence electrons. The molecule has 1 N–H and O–H groups in total. The number of rotatable bonds is 17. The van der Waals surface area contributed by atoms with Crippen LogP contribution in [0.3, 0.4) is 0 Å². The fourth-order valence-corrected chi connectivity index (χ4v) is 1.91. The third-order valence-electron chi connectivity index (χ3n) is 3.15. The quantitative estimate of drug-likeness (QED) is 0.418. The van der Waals surface area contributed by atoms with E-state index in [-0.39, 0.29) is 6.61 Å². The normalized spacial score (nSPS) is 12.7. The molecule has 0 saturated carbocycles. The summed E-state index contributed by atoms with van der Waals surface area (Å²) in [4.78, 5) is 0. The molecule has 0 bridgehead atoms. The average molecular weight is 306 g/mol. The van der Waals surface area contributed by atoms with Crippen LogP contribution >= 0.6 is 0 Å². The van der Waals surface area contributed by atoms with Crippen LogP contribution in [0.4, 0.5) is 0 Å². The lowest BCUT2D eigenvalue weighted by atomic mass is 10.1. The molecule has 1 unspecified atom stereocenters. The molecule has 0 rings (SSSR count). The first-order valence-corrected chi connectivity index (χ1v) is 8.30. The van der Waals surface area contributed by atoms with Crippen LogP contribution < -0.4 is 0 Å². The van der Waals surface area contributed by atoms with Crippen LogP contribution in [0.25, 0.3) is 0 Å². The van der Waals surface area contributed by atoms with Gasteiger partial charge in [-0.3, -0.25) is 0 Å². The zero-order valence-corrected chi connectivity index (χ0v) is 13.8. The van der Waals surface area contributed by atoms with E-state index < -0.39 is 0 Å². The third kappa shape index (κ3) is 16.0. The fourth-order valence-electron chi connectivity index (χ4n) is 1.91. The van der Waals surface area contributed by atoms with Crippen LogP contribution in [0.5, 0.6) is 0 Å². The zero-order valence-electron chi connectivity index (χ0n) is 13.8. The van der Waals surface area contributed by atoms with Gasteiger partial charge in [-0.15, -0.1) is 0 Å². The van der Waals surface area contributed by atoms with Gasteiger partial charge in [-0.1, -0.05) is 33.1 Å². The van der Waals surface area contributed by atoms with Crippen LogP contribution in [0.2, 0.25) is 0 Å². The number of aliphatic hydroxyl groups is 1. The Bertz CT molecular complexity index is 190. The molecule has 5 nitrogen and oxygen atoms in total. The van der Waals surface area contributed by atoms with Crippen molar-refractivity contribution in [3.8, 4) is 0 Å². The maximum atomic E-state index is 8.51. The van der Waals surface area contributed by atoms with Gasteiger partial charge >= 0.3 is 0 Å². The van der Waals surface area contributed by atoms with E-state index in [4.69, 9.17) is 24.1 Å². The molecule has 0 aliphatic carbocycles. The number of hydrogen-bond acceptors (Lipinski definition) is 5. The van der Waals surface area contributed by atoms with Crippen molar-refractivity contribution >= 4 is 0 Å². The van der Waals surface area contributed by atoms with Gasteiger partial charge in [-0.25, -0.2) is 0 Å². The van der Waals surface area contributed by atoms with Gasteiger partial charge in [0.1, 0.15) is 0 Å². The summed E-state index contributed by atoms with van der Waals surface area (Å²) in [5, 5.41) is 8.51. The molecule has 0 aliphatic heterocycles. The van der Waals surface area contributed by atoms with Gasteiger partial charge in [-0.2, -0.15) is 0 Å². The molecular formula is C16H34O5. The van der Waals surface area contributed by atoms with Crippen LogP contribution in [0.15, 0.2) is 0 Å². The van der Waals surface area contributed by atoms with Gasteiger partial charge in [0.05, 0.1) is 59.0 Å². The molecule has 1 atom stereocenters. The van der Waals surface area contributed by atoms with E-state index in [0.29, 0.717) is 52.4 Å². The van der Waals surface area contributed by atoms with Crippen LogP contribution in [-0.4, -0.2) is 64.1 Å². The minimum atomic E-state index is 0.0559. The number of hydrogen-bond donors (Lipinski definition) is 1. The predicted octanol–water partition coefficient (Wildman–Crippen LogP) is 2.40. The molecule has 0 spiro atoms. The lowest BCUT2D eigenvalue weighted by Crippen LogP contribution is -2.17. The van der Waals surface area contributed by atoms with Gasteiger partial charge in [0.15, 0.2) is 0 Å². The Morgan fingerprint density at radius 2 is 1.33 bits per heavy atom. The standard InChI is InChI=1S/C16H34O5/c1-3-5-6-7-16(4-2)21-15-14-20-13-12-19-11-10-18-9-8-17/h16-17H,3-15H2,1-2H3. The molecule has 0 aromatic heterocycles. The van der Waals surface area contributed by atoms with Crippen molar-refractivity contribution in [1.82, 2.24) is 0 Å². The first-order valence-electron chi connectivity index (χ1n) is 8.30. The third-order valence-corrected chi connectivity index (χ3v) is 3.15. The lowest BCUT2D eigenvalue weighted by molar-refractivity contribution is -0.0230. The smallest absolute Gasteiger partial charge is 0.0704 e. The molecule has 21 heavy (non-hydrogen) atoms. The maximum Gasteiger partial charge on any atom is 0.0704 e. The first kappa shape index (κ1) is 20.8. The molecule has 0 fully saturated rings. The SMILES string of the molecule is CCCCCC(CC)OCCOCCOCCOCCO. The minimum Gasteiger partial charge on any atom is -0.394 e. The van der Waals surface area contributed by atoms with E-state index in [1.807, 2.05) is 0 Å². The molecular weight excluding hydrogens is 272 g/mol. The molecule has 0 heterocycles. The highest BCUT2D eigenvalue weighted by atomic mass is 16.6. The van der Waals surface area contributed by atoms with Crippen molar-refractivity contribution < 1.29 is 24.1 Å². The second-order valence-corrected chi connectivity index (χ2v) is 4.96. The van der Waals surface area contributed by atoms with Crippen molar-refractivity contribution in [2.75, 3.05) is 52.9 Å². The minimum absolute atomic E-state index is 0.0559. The van der Waals surface area contributed by atoms with Crippen molar-refractivity contribution in [3.63, 3.8) is 0 Å². The zero-order chi connectivity index (χ0) is 15.6. The monoisotopic (exact) mass is 306 g/mol. The van der Waals surface area contributed by atoms with Gasteiger partial charge in [0.2, 0.25) is 0 Å². The Morgan fingerprint density at radius 3 is 1.86 bits per heavy atom. The Labute approximate surface area is 129 Å². The van der Waals surface area contributed by atoms with E-state index in [2.05, 4.69) is 13.8 Å². The molecule has 0 aromatic carbocycles. The lowest BCUT2D eigenvalue weighted by Gasteiger charge is -2.16. The summed E-state index contributed by atoms with van der Waals surface area (Å²) < 4.78 is 21.6. The fraction of sp³-hybridized carbons (Fsp3) is 1.00. The summed E-state index contributed by atoms with van der Waals surface area (Å²) >= 11 is 0. The molecule has 0 amide bonds. The summed E-state index contributed by atoms with van der Waals surface area (Å²) in [6.45, 7) is 8.29. The maximum absolute atomic E-state index is 8.51. The summed E-state index contributed by atoms with van der Waals surface area (Å²) in [5.74, 6) is 0. The highest BCUT2D eigenvalue weighted by Gasteiger charge is 2.05. The van der Waals surface area contributed by atoms with E-state index in [9.17, 15) is 0 Å². The Balaban J connectivity index is 3.19. The summed E-state index contributed by atoms with van der Waals surface area (Å²) in [5.41, 5.74) is 0. The Kier molecular flexibility index (Phi) is 17.7. The van der Waals surface area contributed by atoms with Crippen LogP contribution in [-0.2, 0) is 18.9 Å². The highest BCUT2D eigenvalue weighted by Crippen LogP contribution is 2.09. The van der Waals surface area contributed by atoms with Gasteiger partial charge < -0.3 is 24.1 Å². The molecule has 0 saturated heterocycles. The second kappa shape index (κ2) is 17.9. The number of aliphatic hydroxyl groups excluding tert-OH is 1. The van der Waals surface area contributed by atoms with E-state index in [0.717, 1.165) is 12.8 Å². The number of unbranched alkanes of at least 4 members (excludes halogenated alkanes) is 2.